The van der Waals surface area contributed by atoms with Crippen LogP contribution >= 0.6 is 0 Å². The highest BCUT2D eigenvalue weighted by molar-refractivity contribution is 5.93. The molecule has 19 heavy (non-hydrogen) atoms. The van der Waals surface area contributed by atoms with E-state index in [1.807, 2.05) is 0 Å². The van der Waals surface area contributed by atoms with E-state index in [-0.39, 0.29) is 5.97 Å². The number of carbonyl (C=O) groups is 1. The SMILES string of the molecule is C=C(Nc1cnn(C)c1C(=O)OC)C1CCCCC1. The van der Waals surface area contributed by atoms with Crippen molar-refractivity contribution in [2.45, 2.75) is 32.1 Å². The number of anilines is 1. The predicted molar refractivity (Wildman–Crippen MR) is 73.9 cm³/mol. The van der Waals surface area contributed by atoms with E-state index in [1.165, 1.54) is 43.9 Å². The van der Waals surface area contributed by atoms with Crippen molar-refractivity contribution in [2.24, 2.45) is 13.0 Å². The molecular weight excluding hydrogens is 242 g/mol. The molecule has 0 unspecified atom stereocenters. The zero-order valence-corrected chi connectivity index (χ0v) is 11.6. The van der Waals surface area contributed by atoms with E-state index < -0.39 is 0 Å². The summed E-state index contributed by atoms with van der Waals surface area (Å²) < 4.78 is 6.29. The van der Waals surface area contributed by atoms with Crippen molar-refractivity contribution in [3.8, 4) is 0 Å². The minimum atomic E-state index is -0.390. The second-order valence-electron chi connectivity index (χ2n) is 5.01. The van der Waals surface area contributed by atoms with Crippen LogP contribution in [0, 0.1) is 5.92 Å². The standard InChI is InChI=1S/C14H21N3O2/c1-10(11-7-5-4-6-8-11)16-12-9-15-17(2)13(12)14(18)19-3/h9,11,16H,1,4-8H2,2-3H3. The third kappa shape index (κ3) is 2.97. The third-order valence-electron chi connectivity index (χ3n) is 3.71. The maximum atomic E-state index is 11.7. The van der Waals surface area contributed by atoms with Crippen LogP contribution in [0.4, 0.5) is 5.69 Å². The molecule has 1 heterocycles. The van der Waals surface area contributed by atoms with Crippen molar-refractivity contribution in [1.29, 1.82) is 0 Å². The molecular formula is C14H21N3O2. The van der Waals surface area contributed by atoms with Gasteiger partial charge in [0.25, 0.3) is 0 Å². The van der Waals surface area contributed by atoms with Gasteiger partial charge in [-0.2, -0.15) is 5.10 Å². The first kappa shape index (κ1) is 13.6. The fraction of sp³-hybridized carbons (Fsp3) is 0.571. The Kier molecular flexibility index (Phi) is 4.24. The van der Waals surface area contributed by atoms with Gasteiger partial charge in [0.2, 0.25) is 0 Å². The Hall–Kier alpha value is -1.78. The minimum absolute atomic E-state index is 0.390. The number of nitrogens with one attached hydrogen (secondary N) is 1. The lowest BCUT2D eigenvalue weighted by atomic mass is 9.87. The number of allylic oxidation sites excluding steroid dienone is 1. The molecule has 0 bridgehead atoms. The molecule has 0 spiro atoms. The van der Waals surface area contributed by atoms with Gasteiger partial charge in [-0.15, -0.1) is 0 Å². The largest absolute Gasteiger partial charge is 0.464 e. The van der Waals surface area contributed by atoms with Crippen LogP contribution in [0.1, 0.15) is 42.6 Å². The molecule has 1 aliphatic rings. The Morgan fingerprint density at radius 1 is 1.47 bits per heavy atom. The van der Waals surface area contributed by atoms with E-state index in [0.717, 1.165) is 5.70 Å². The van der Waals surface area contributed by atoms with Gasteiger partial charge in [-0.25, -0.2) is 4.79 Å². The fourth-order valence-corrected chi connectivity index (χ4v) is 2.59. The highest BCUT2D eigenvalue weighted by Crippen LogP contribution is 2.30. The Labute approximate surface area is 113 Å². The summed E-state index contributed by atoms with van der Waals surface area (Å²) >= 11 is 0. The Morgan fingerprint density at radius 2 is 2.16 bits per heavy atom. The normalized spacial score (nSPS) is 16.1. The van der Waals surface area contributed by atoms with Gasteiger partial charge in [-0.05, 0) is 18.8 Å². The van der Waals surface area contributed by atoms with Crippen molar-refractivity contribution in [2.75, 3.05) is 12.4 Å². The number of nitrogens with zero attached hydrogens (tertiary/aromatic N) is 2. The fourth-order valence-electron chi connectivity index (χ4n) is 2.59. The summed E-state index contributed by atoms with van der Waals surface area (Å²) in [7, 11) is 3.09. The van der Waals surface area contributed by atoms with Crippen molar-refractivity contribution in [3.63, 3.8) is 0 Å². The summed E-state index contributed by atoms with van der Waals surface area (Å²) in [6, 6.07) is 0. The summed E-state index contributed by atoms with van der Waals surface area (Å²) in [6.45, 7) is 4.11. The van der Waals surface area contributed by atoms with Gasteiger partial charge in [-0.3, -0.25) is 4.68 Å². The first-order valence-electron chi connectivity index (χ1n) is 6.69. The van der Waals surface area contributed by atoms with Crippen LogP contribution in [0.15, 0.2) is 18.5 Å². The number of hydrogen-bond acceptors (Lipinski definition) is 4. The Bertz CT molecular complexity index is 473. The molecule has 1 aromatic heterocycles. The zero-order valence-electron chi connectivity index (χ0n) is 11.6. The van der Waals surface area contributed by atoms with E-state index >= 15 is 0 Å². The maximum Gasteiger partial charge on any atom is 0.358 e. The molecule has 1 aromatic rings. The minimum Gasteiger partial charge on any atom is -0.464 e. The summed E-state index contributed by atoms with van der Waals surface area (Å²) in [4.78, 5) is 11.7. The summed E-state index contributed by atoms with van der Waals surface area (Å²) in [5.41, 5.74) is 2.07. The second-order valence-corrected chi connectivity index (χ2v) is 5.01. The molecule has 2 rings (SSSR count). The maximum absolute atomic E-state index is 11.7. The second kappa shape index (κ2) is 5.91. The van der Waals surface area contributed by atoms with Gasteiger partial charge in [-0.1, -0.05) is 25.8 Å². The lowest BCUT2D eigenvalue weighted by molar-refractivity contribution is 0.0589. The molecule has 0 atom stereocenters. The van der Waals surface area contributed by atoms with Crippen LogP contribution in [0.5, 0.6) is 0 Å². The molecule has 0 saturated heterocycles. The van der Waals surface area contributed by atoms with Crippen molar-refractivity contribution >= 4 is 11.7 Å². The van der Waals surface area contributed by atoms with Gasteiger partial charge in [0, 0.05) is 12.7 Å². The van der Waals surface area contributed by atoms with E-state index in [4.69, 9.17) is 4.74 Å². The van der Waals surface area contributed by atoms with Crippen LogP contribution in [-0.2, 0) is 11.8 Å². The van der Waals surface area contributed by atoms with Crippen LogP contribution in [0.3, 0.4) is 0 Å². The number of ether oxygens (including phenoxy) is 1. The first-order chi connectivity index (χ1) is 9.13. The van der Waals surface area contributed by atoms with E-state index in [0.29, 0.717) is 17.3 Å². The number of carbonyl (C=O) groups excluding carboxylic acids is 1. The molecule has 104 valence electrons. The molecule has 1 N–H and O–H groups in total. The van der Waals surface area contributed by atoms with Gasteiger partial charge in [0.05, 0.1) is 19.0 Å². The van der Waals surface area contributed by atoms with Crippen molar-refractivity contribution in [3.05, 3.63) is 24.2 Å². The van der Waals surface area contributed by atoms with E-state index in [1.54, 1.807) is 13.2 Å². The average molecular weight is 263 g/mol. The number of hydrogen-bond donors (Lipinski definition) is 1. The van der Waals surface area contributed by atoms with Gasteiger partial charge in [0.1, 0.15) is 0 Å². The molecule has 5 nitrogen and oxygen atoms in total. The topological polar surface area (TPSA) is 56.2 Å². The van der Waals surface area contributed by atoms with Crippen LogP contribution < -0.4 is 5.32 Å². The van der Waals surface area contributed by atoms with E-state index in [2.05, 4.69) is 17.0 Å². The van der Waals surface area contributed by atoms with Crippen molar-refractivity contribution < 1.29 is 9.53 Å². The molecule has 0 aromatic carbocycles. The third-order valence-corrected chi connectivity index (χ3v) is 3.71. The van der Waals surface area contributed by atoms with Gasteiger partial charge in [0.15, 0.2) is 5.69 Å². The number of esters is 1. The molecule has 1 saturated carbocycles. The summed E-state index contributed by atoms with van der Waals surface area (Å²) in [5.74, 6) is 0.0957. The molecule has 1 fully saturated rings. The number of aryl methyl sites for hydroxylation is 1. The van der Waals surface area contributed by atoms with Gasteiger partial charge < -0.3 is 10.1 Å². The average Bonchev–Trinajstić information content (AvgIpc) is 2.80. The summed E-state index contributed by atoms with van der Waals surface area (Å²) in [6.07, 6.45) is 7.79. The molecule has 0 radical (unpaired) electrons. The lowest BCUT2D eigenvalue weighted by Gasteiger charge is -2.24. The molecule has 5 heteroatoms. The van der Waals surface area contributed by atoms with Gasteiger partial charge >= 0.3 is 5.97 Å². The highest BCUT2D eigenvalue weighted by Gasteiger charge is 2.21. The number of aromatic nitrogens is 2. The quantitative estimate of drug-likeness (QED) is 0.849. The van der Waals surface area contributed by atoms with Crippen LogP contribution in [0.2, 0.25) is 0 Å². The highest BCUT2D eigenvalue weighted by atomic mass is 16.5. The lowest BCUT2D eigenvalue weighted by Crippen LogP contribution is -2.16. The van der Waals surface area contributed by atoms with Crippen molar-refractivity contribution in [1.82, 2.24) is 9.78 Å². The smallest absolute Gasteiger partial charge is 0.358 e. The molecule has 0 amide bonds. The molecule has 0 aliphatic heterocycles. The Balaban J connectivity index is 2.10. The molecule has 1 aliphatic carbocycles. The number of rotatable bonds is 4. The first-order valence-corrected chi connectivity index (χ1v) is 6.69. The zero-order chi connectivity index (χ0) is 13.8. The Morgan fingerprint density at radius 3 is 2.79 bits per heavy atom. The van der Waals surface area contributed by atoms with Crippen LogP contribution in [0.25, 0.3) is 0 Å². The number of methoxy groups -OCH3 is 1. The predicted octanol–water partition coefficient (Wildman–Crippen LogP) is 2.71. The summed E-state index contributed by atoms with van der Waals surface area (Å²) in [5, 5.41) is 7.33. The van der Waals surface area contributed by atoms with Crippen LogP contribution in [-0.4, -0.2) is 22.9 Å². The van der Waals surface area contributed by atoms with E-state index in [9.17, 15) is 4.79 Å². The monoisotopic (exact) mass is 263 g/mol.